The van der Waals surface area contributed by atoms with Crippen molar-refractivity contribution in [2.75, 3.05) is 0 Å². The summed E-state index contributed by atoms with van der Waals surface area (Å²) in [5, 5.41) is 11.5. The smallest absolute Gasteiger partial charge is 0.354 e. The lowest BCUT2D eigenvalue weighted by atomic mass is 9.50. The van der Waals surface area contributed by atoms with Gasteiger partial charge in [0, 0.05) is 30.0 Å². The fourth-order valence-corrected chi connectivity index (χ4v) is 6.28. The maximum atomic E-state index is 12.9. The second kappa shape index (κ2) is 7.25. The van der Waals surface area contributed by atoms with Crippen molar-refractivity contribution in [1.82, 2.24) is 10.3 Å². The minimum atomic E-state index is -2.64. The SMILES string of the molecule is Cc1cccc(C(=O)O)n1.[NH-]C12CC3CC(C1)CC(NC(=O)C1CC(F)(F)C1)(C3)C2. The number of hydrogen-bond donors (Lipinski definition) is 2. The van der Waals surface area contributed by atoms with Crippen molar-refractivity contribution in [3.63, 3.8) is 0 Å². The average Bonchev–Trinajstić information content (AvgIpc) is 2.57. The Labute approximate surface area is 174 Å². The van der Waals surface area contributed by atoms with Gasteiger partial charge < -0.3 is 16.2 Å². The van der Waals surface area contributed by atoms with Gasteiger partial charge in [-0.1, -0.05) is 18.9 Å². The molecule has 8 heteroatoms. The third-order valence-electron chi connectivity index (χ3n) is 7.02. The van der Waals surface area contributed by atoms with Crippen LogP contribution in [0.3, 0.4) is 0 Å². The van der Waals surface area contributed by atoms with Crippen LogP contribution < -0.4 is 5.32 Å². The van der Waals surface area contributed by atoms with Crippen LogP contribution in [0.15, 0.2) is 18.2 Å². The minimum Gasteiger partial charge on any atom is -0.672 e. The third-order valence-corrected chi connectivity index (χ3v) is 7.02. The minimum absolute atomic E-state index is 0.0972. The van der Waals surface area contributed by atoms with E-state index in [0.29, 0.717) is 11.8 Å². The van der Waals surface area contributed by atoms with Crippen molar-refractivity contribution in [2.45, 2.75) is 75.3 Å². The van der Waals surface area contributed by atoms with Crippen molar-refractivity contribution >= 4 is 11.9 Å². The molecule has 5 aliphatic rings. The number of aryl methyl sites for hydroxylation is 1. The normalized spacial score (nSPS) is 35.7. The summed E-state index contributed by atoms with van der Waals surface area (Å²) >= 11 is 0. The van der Waals surface area contributed by atoms with Gasteiger partial charge in [0.2, 0.25) is 11.8 Å². The van der Waals surface area contributed by atoms with Gasteiger partial charge >= 0.3 is 5.97 Å². The number of nitrogens with one attached hydrogen (secondary N) is 2. The van der Waals surface area contributed by atoms with Gasteiger partial charge in [0.25, 0.3) is 0 Å². The number of aromatic nitrogens is 1. The van der Waals surface area contributed by atoms with Crippen LogP contribution in [0.4, 0.5) is 8.78 Å². The first-order valence-corrected chi connectivity index (χ1v) is 10.6. The van der Waals surface area contributed by atoms with Crippen molar-refractivity contribution in [2.24, 2.45) is 17.8 Å². The van der Waals surface area contributed by atoms with Gasteiger partial charge in [-0.3, -0.25) is 4.79 Å². The molecule has 164 valence electrons. The zero-order valence-corrected chi connectivity index (χ0v) is 17.1. The van der Waals surface area contributed by atoms with Crippen LogP contribution in [-0.4, -0.2) is 39.0 Å². The first-order valence-electron chi connectivity index (χ1n) is 10.6. The molecule has 6 nitrogen and oxygen atoms in total. The summed E-state index contributed by atoms with van der Waals surface area (Å²) in [6.07, 6.45) is 5.16. The average molecular weight is 420 g/mol. The topological polar surface area (TPSA) is 103 Å². The number of hydrogen-bond acceptors (Lipinski definition) is 3. The molecule has 0 radical (unpaired) electrons. The predicted octanol–water partition coefficient (Wildman–Crippen LogP) is 4.38. The number of carbonyl (C=O) groups excluding carboxylic acids is 1. The van der Waals surface area contributed by atoms with Crippen LogP contribution in [-0.2, 0) is 4.79 Å². The van der Waals surface area contributed by atoms with E-state index >= 15 is 0 Å². The summed E-state index contributed by atoms with van der Waals surface area (Å²) in [4.78, 5) is 26.3. The van der Waals surface area contributed by atoms with E-state index < -0.39 is 17.8 Å². The summed E-state index contributed by atoms with van der Waals surface area (Å²) in [7, 11) is 0. The second-order valence-corrected chi connectivity index (χ2v) is 9.94. The van der Waals surface area contributed by atoms with Crippen molar-refractivity contribution < 1.29 is 23.5 Å². The second-order valence-electron chi connectivity index (χ2n) is 9.94. The number of pyridine rings is 1. The molecule has 4 bridgehead atoms. The number of nitrogens with zero attached hydrogens (tertiary/aromatic N) is 1. The number of amides is 1. The number of alkyl halides is 2. The number of aromatic carboxylic acids is 1. The van der Waals surface area contributed by atoms with Crippen LogP contribution in [0, 0.1) is 24.7 Å². The molecule has 1 aromatic rings. The summed E-state index contributed by atoms with van der Waals surface area (Å²) in [6, 6.07) is 4.90. The Kier molecular flexibility index (Phi) is 5.11. The highest BCUT2D eigenvalue weighted by Crippen LogP contribution is 2.58. The zero-order chi connectivity index (χ0) is 21.7. The van der Waals surface area contributed by atoms with Crippen LogP contribution >= 0.6 is 0 Å². The van der Waals surface area contributed by atoms with Crippen LogP contribution in [0.5, 0.6) is 0 Å². The van der Waals surface area contributed by atoms with E-state index in [1.807, 2.05) is 0 Å². The van der Waals surface area contributed by atoms with Crippen LogP contribution in [0.2, 0.25) is 0 Å². The molecule has 0 saturated heterocycles. The van der Waals surface area contributed by atoms with E-state index in [-0.39, 0.29) is 35.5 Å². The fourth-order valence-electron chi connectivity index (χ4n) is 6.28. The van der Waals surface area contributed by atoms with E-state index in [2.05, 4.69) is 10.3 Å². The molecule has 6 rings (SSSR count). The van der Waals surface area contributed by atoms with E-state index in [1.165, 1.54) is 12.5 Å². The third kappa shape index (κ3) is 4.33. The van der Waals surface area contributed by atoms with E-state index in [0.717, 1.165) is 37.8 Å². The van der Waals surface area contributed by atoms with Gasteiger partial charge in [0.15, 0.2) is 0 Å². The maximum Gasteiger partial charge on any atom is 0.354 e. The summed E-state index contributed by atoms with van der Waals surface area (Å²) in [5.41, 5.74) is 8.73. The molecule has 0 aromatic carbocycles. The standard InChI is InChI=1S/C15H21F2N2O.C7H7NO2/c16-15(17)6-11(7-15)12(20)19-14-4-9-1-10(5-14)3-13(18,2-9)8-14;1-5-3-2-4-6(8-5)7(9)10/h9-11,18H,1-8H2,(H,19,20);2-4H,1H3,(H,9,10)/q-1;. The highest BCUT2D eigenvalue weighted by Gasteiger charge is 2.55. The van der Waals surface area contributed by atoms with Gasteiger partial charge in [0.05, 0.1) is 0 Å². The van der Waals surface area contributed by atoms with Crippen molar-refractivity contribution in [1.29, 1.82) is 0 Å². The molecule has 0 spiro atoms. The lowest BCUT2D eigenvalue weighted by Gasteiger charge is -2.65. The van der Waals surface area contributed by atoms with Gasteiger partial charge in [-0.2, -0.15) is 0 Å². The van der Waals surface area contributed by atoms with Gasteiger partial charge in [-0.15, -0.1) is 5.54 Å². The number of carboxylic acid groups (broad SMARTS) is 1. The van der Waals surface area contributed by atoms with E-state index in [1.54, 1.807) is 19.1 Å². The fraction of sp³-hybridized carbons (Fsp3) is 0.682. The molecule has 2 atom stereocenters. The molecule has 1 aromatic heterocycles. The zero-order valence-electron chi connectivity index (χ0n) is 17.1. The Morgan fingerprint density at radius 2 is 1.77 bits per heavy atom. The Bertz CT molecular complexity index is 838. The molecular formula is C22H28F2N3O3-. The Balaban J connectivity index is 0.000000185. The largest absolute Gasteiger partial charge is 0.672 e. The molecule has 3 N–H and O–H groups in total. The lowest BCUT2D eigenvalue weighted by Crippen LogP contribution is -2.65. The molecule has 30 heavy (non-hydrogen) atoms. The molecule has 5 aliphatic carbocycles. The molecular weight excluding hydrogens is 392 g/mol. The maximum absolute atomic E-state index is 12.9. The summed E-state index contributed by atoms with van der Waals surface area (Å²) in [6.45, 7) is 1.76. The molecule has 1 amide bonds. The van der Waals surface area contributed by atoms with Gasteiger partial charge in [0.1, 0.15) is 5.69 Å². The summed E-state index contributed by atoms with van der Waals surface area (Å²) < 4.78 is 25.8. The first kappa shape index (κ1) is 21.2. The number of rotatable bonds is 3. The first-order chi connectivity index (χ1) is 14.0. The molecule has 0 aliphatic heterocycles. The Morgan fingerprint density at radius 3 is 2.23 bits per heavy atom. The van der Waals surface area contributed by atoms with Crippen molar-refractivity contribution in [3.8, 4) is 0 Å². The van der Waals surface area contributed by atoms with E-state index in [9.17, 15) is 18.4 Å². The Hall–Kier alpha value is -2.09. The quantitative estimate of drug-likeness (QED) is 0.757. The Morgan fingerprint density at radius 1 is 1.13 bits per heavy atom. The number of halogens is 2. The monoisotopic (exact) mass is 420 g/mol. The van der Waals surface area contributed by atoms with Crippen molar-refractivity contribution in [3.05, 3.63) is 35.3 Å². The van der Waals surface area contributed by atoms with Crippen LogP contribution in [0.25, 0.3) is 5.73 Å². The molecule has 2 unspecified atom stereocenters. The summed E-state index contributed by atoms with van der Waals surface area (Å²) in [5.74, 6) is -3.22. The number of carboxylic acids is 1. The molecule has 1 heterocycles. The molecule has 5 fully saturated rings. The lowest BCUT2D eigenvalue weighted by molar-refractivity contribution is -0.154. The van der Waals surface area contributed by atoms with Gasteiger partial charge in [-0.05, 0) is 56.6 Å². The van der Waals surface area contributed by atoms with E-state index in [4.69, 9.17) is 10.8 Å². The highest BCUT2D eigenvalue weighted by atomic mass is 19.3. The van der Waals surface area contributed by atoms with Gasteiger partial charge in [-0.25, -0.2) is 18.6 Å². The van der Waals surface area contributed by atoms with Crippen LogP contribution in [0.1, 0.15) is 67.5 Å². The highest BCUT2D eigenvalue weighted by molar-refractivity contribution is 5.85. The predicted molar refractivity (Wildman–Crippen MR) is 106 cm³/mol. The number of carbonyl (C=O) groups is 2. The molecule has 5 saturated carbocycles.